The summed E-state index contributed by atoms with van der Waals surface area (Å²) in [5, 5.41) is 9.75. The van der Waals surface area contributed by atoms with E-state index in [-0.39, 0.29) is 14.5 Å². The van der Waals surface area contributed by atoms with E-state index in [2.05, 4.69) is 46.4 Å². The first kappa shape index (κ1) is 15.2. The fourth-order valence-corrected chi connectivity index (χ4v) is 5.69. The molecule has 2 aromatic carbocycles. The van der Waals surface area contributed by atoms with Crippen molar-refractivity contribution in [3.63, 3.8) is 0 Å². The van der Waals surface area contributed by atoms with Gasteiger partial charge in [0.05, 0.1) is 0 Å². The molecule has 3 nitrogen and oxygen atoms in total. The van der Waals surface area contributed by atoms with Gasteiger partial charge < -0.3 is 0 Å². The summed E-state index contributed by atoms with van der Waals surface area (Å²) < 4.78 is 2.17. The Hall–Kier alpha value is -2.13. The number of H-pyrrole nitrogens is 1. The van der Waals surface area contributed by atoms with Crippen LogP contribution < -0.4 is 0 Å². The van der Waals surface area contributed by atoms with Crippen molar-refractivity contribution in [2.24, 2.45) is 0 Å². The van der Waals surface area contributed by atoms with Gasteiger partial charge in [-0.1, -0.05) is 0 Å². The van der Waals surface area contributed by atoms with Crippen LogP contribution >= 0.6 is 11.6 Å². The summed E-state index contributed by atoms with van der Waals surface area (Å²) in [4.78, 5) is 3.58. The quantitative estimate of drug-likeness (QED) is 0.427. The molecule has 2 heterocycles. The van der Waals surface area contributed by atoms with Crippen LogP contribution in [0.2, 0.25) is 5.02 Å². The number of aromatic amines is 1. The van der Waals surface area contributed by atoms with E-state index in [1.54, 1.807) is 0 Å². The van der Waals surface area contributed by atoms with Crippen LogP contribution in [0.4, 0.5) is 0 Å². The van der Waals surface area contributed by atoms with Crippen LogP contribution in [0.15, 0.2) is 48.5 Å². The second kappa shape index (κ2) is 5.70. The molecule has 0 saturated carbocycles. The van der Waals surface area contributed by atoms with Crippen molar-refractivity contribution in [3.05, 3.63) is 70.4 Å². The number of nitrogens with one attached hydrogen (secondary N) is 1. The molecule has 5 heteroatoms. The molecule has 0 atom stereocenters. The standard InChI is InChI=1S/C20H14ClN3Se/c1-11-17(16-10-13-4-2-3-5-15(13)18(16)22-11)20-24-23-19(25-20)12-6-8-14(21)9-7-12/h2-9,22H,10H2,1H3. The number of aryl methyl sites for hydroxylation is 1. The van der Waals surface area contributed by atoms with Gasteiger partial charge in [-0.3, -0.25) is 0 Å². The van der Waals surface area contributed by atoms with Crippen molar-refractivity contribution in [1.82, 2.24) is 15.2 Å². The molecule has 0 saturated heterocycles. The van der Waals surface area contributed by atoms with E-state index in [4.69, 9.17) is 11.6 Å². The minimum atomic E-state index is 0.101. The Kier molecular flexibility index (Phi) is 3.46. The third kappa shape index (κ3) is 2.41. The third-order valence-corrected chi connectivity index (χ3v) is 7.00. The number of hydrogen-bond acceptors (Lipinski definition) is 2. The molecule has 1 aliphatic rings. The maximum atomic E-state index is 5.99. The number of rotatable bonds is 2. The average molecular weight is 411 g/mol. The van der Waals surface area contributed by atoms with E-state index in [1.165, 1.54) is 33.6 Å². The number of aromatic nitrogens is 3. The molecule has 0 amide bonds. The minimum absolute atomic E-state index is 0.101. The molecular weight excluding hydrogens is 397 g/mol. The first-order valence-electron chi connectivity index (χ1n) is 8.10. The first-order chi connectivity index (χ1) is 12.2. The Labute approximate surface area is 156 Å². The van der Waals surface area contributed by atoms with Gasteiger partial charge in [0.1, 0.15) is 0 Å². The number of nitrogens with zero attached hydrogens (tertiary/aromatic N) is 2. The first-order valence-corrected chi connectivity index (χ1v) is 10.2. The number of hydrogen-bond donors (Lipinski definition) is 1. The zero-order chi connectivity index (χ0) is 17.0. The van der Waals surface area contributed by atoms with Crippen LogP contribution in [0, 0.1) is 6.92 Å². The fourth-order valence-electron chi connectivity index (χ4n) is 3.52. The zero-order valence-corrected chi connectivity index (χ0v) is 16.0. The number of benzene rings is 2. The van der Waals surface area contributed by atoms with E-state index < -0.39 is 0 Å². The van der Waals surface area contributed by atoms with E-state index in [9.17, 15) is 0 Å². The monoisotopic (exact) mass is 411 g/mol. The molecule has 0 aliphatic heterocycles. The van der Waals surface area contributed by atoms with Crippen molar-refractivity contribution < 1.29 is 0 Å². The van der Waals surface area contributed by atoms with Crippen molar-refractivity contribution in [3.8, 4) is 31.5 Å². The Morgan fingerprint density at radius 3 is 2.60 bits per heavy atom. The summed E-state index contributed by atoms with van der Waals surface area (Å²) in [6.07, 6.45) is 0.969. The van der Waals surface area contributed by atoms with Crippen LogP contribution in [-0.2, 0) is 6.42 Å². The topological polar surface area (TPSA) is 41.6 Å². The van der Waals surface area contributed by atoms with Crippen molar-refractivity contribution in [2.75, 3.05) is 0 Å². The summed E-state index contributed by atoms with van der Waals surface area (Å²) in [7, 11) is 0. The van der Waals surface area contributed by atoms with Crippen molar-refractivity contribution >= 4 is 26.1 Å². The molecule has 2 aromatic heterocycles. The van der Waals surface area contributed by atoms with Gasteiger partial charge in [-0.15, -0.1) is 0 Å². The Bertz CT molecular complexity index is 1090. The molecule has 122 valence electrons. The van der Waals surface area contributed by atoms with E-state index in [0.29, 0.717) is 0 Å². The molecule has 0 bridgehead atoms. The Morgan fingerprint density at radius 1 is 1.00 bits per heavy atom. The molecule has 25 heavy (non-hydrogen) atoms. The average Bonchev–Trinajstić information content (AvgIpc) is 3.29. The van der Waals surface area contributed by atoms with Gasteiger partial charge in [0.15, 0.2) is 0 Å². The summed E-state index contributed by atoms with van der Waals surface area (Å²) in [5.41, 5.74) is 8.88. The molecule has 1 aliphatic carbocycles. The maximum absolute atomic E-state index is 5.99. The number of fused-ring (bicyclic) bond motifs is 3. The SMILES string of the molecule is Cc1[nH]c2c(c1-c1nnc(-c3ccc(Cl)cc3)[se]1)Cc1ccccc1-2. The van der Waals surface area contributed by atoms with Crippen molar-refractivity contribution in [1.29, 1.82) is 0 Å². The van der Waals surface area contributed by atoms with Crippen molar-refractivity contribution in [2.45, 2.75) is 13.3 Å². The van der Waals surface area contributed by atoms with Gasteiger partial charge >= 0.3 is 157 Å². The van der Waals surface area contributed by atoms with Crippen LogP contribution in [-0.4, -0.2) is 29.7 Å². The van der Waals surface area contributed by atoms with Gasteiger partial charge in [0, 0.05) is 0 Å². The molecule has 4 aromatic rings. The normalized spacial score (nSPS) is 12.2. The molecule has 5 rings (SSSR count). The van der Waals surface area contributed by atoms with Gasteiger partial charge in [-0.05, 0) is 0 Å². The van der Waals surface area contributed by atoms with Crippen LogP contribution in [0.3, 0.4) is 0 Å². The van der Waals surface area contributed by atoms with Gasteiger partial charge in [0.25, 0.3) is 0 Å². The third-order valence-electron chi connectivity index (χ3n) is 4.68. The summed E-state index contributed by atoms with van der Waals surface area (Å²) in [6.45, 7) is 2.13. The number of halogens is 1. The Morgan fingerprint density at radius 2 is 1.76 bits per heavy atom. The predicted molar refractivity (Wildman–Crippen MR) is 102 cm³/mol. The molecule has 0 unspecified atom stereocenters. The van der Waals surface area contributed by atoms with Crippen LogP contribution in [0.1, 0.15) is 16.8 Å². The van der Waals surface area contributed by atoms with Gasteiger partial charge in [-0.25, -0.2) is 0 Å². The predicted octanol–water partition coefficient (Wildman–Crippen LogP) is 4.73. The zero-order valence-electron chi connectivity index (χ0n) is 13.5. The van der Waals surface area contributed by atoms with Crippen LogP contribution in [0.5, 0.6) is 0 Å². The fraction of sp³-hybridized carbons (Fsp3) is 0.100. The van der Waals surface area contributed by atoms with Gasteiger partial charge in [0.2, 0.25) is 0 Å². The van der Waals surface area contributed by atoms with E-state index in [0.717, 1.165) is 26.1 Å². The summed E-state index contributed by atoms with van der Waals surface area (Å²) >= 11 is 6.09. The summed E-state index contributed by atoms with van der Waals surface area (Å²) in [5.74, 6) is 0. The van der Waals surface area contributed by atoms with E-state index >= 15 is 0 Å². The Balaban J connectivity index is 1.60. The molecule has 0 spiro atoms. The second-order valence-corrected chi connectivity index (χ2v) is 8.72. The second-order valence-electron chi connectivity index (χ2n) is 6.23. The van der Waals surface area contributed by atoms with E-state index in [1.807, 2.05) is 24.3 Å². The summed E-state index contributed by atoms with van der Waals surface area (Å²) in [6, 6.07) is 16.5. The van der Waals surface area contributed by atoms with Gasteiger partial charge in [-0.2, -0.15) is 0 Å². The molecule has 1 N–H and O–H groups in total. The molecular formula is C20H14ClN3Se. The molecule has 0 fully saturated rings. The van der Waals surface area contributed by atoms with Crippen LogP contribution in [0.25, 0.3) is 31.5 Å². The molecule has 0 radical (unpaired) electrons.